The Morgan fingerprint density at radius 2 is 2.00 bits per heavy atom. The summed E-state index contributed by atoms with van der Waals surface area (Å²) >= 11 is 0. The summed E-state index contributed by atoms with van der Waals surface area (Å²) < 4.78 is 40.4. The van der Waals surface area contributed by atoms with Crippen LogP contribution >= 0.6 is 0 Å². The van der Waals surface area contributed by atoms with Crippen LogP contribution in [0.15, 0.2) is 53.9 Å². The second kappa shape index (κ2) is 6.66. The minimum Gasteiger partial charge on any atom is -0.341 e. The summed E-state index contributed by atoms with van der Waals surface area (Å²) in [5.41, 5.74) is 2.03. The predicted molar refractivity (Wildman–Crippen MR) is 99.1 cm³/mol. The minimum atomic E-state index is -3.58. The molecule has 1 unspecified atom stereocenters. The smallest absolute Gasteiger partial charge is 0.236 e. The van der Waals surface area contributed by atoms with Crippen LogP contribution in [0.5, 0.6) is 0 Å². The van der Waals surface area contributed by atoms with Gasteiger partial charge in [0.25, 0.3) is 0 Å². The highest BCUT2D eigenvalue weighted by atomic mass is 32.2. The molecular formula is C19H18FN3O2S. The van der Waals surface area contributed by atoms with Gasteiger partial charge in [-0.1, -0.05) is 30.3 Å². The van der Waals surface area contributed by atoms with Gasteiger partial charge >= 0.3 is 0 Å². The van der Waals surface area contributed by atoms with E-state index in [0.29, 0.717) is 29.8 Å². The molecule has 1 N–H and O–H groups in total. The molecule has 5 nitrogen and oxygen atoms in total. The van der Waals surface area contributed by atoms with Gasteiger partial charge in [-0.25, -0.2) is 17.8 Å². The van der Waals surface area contributed by atoms with Crippen LogP contribution in [0.1, 0.15) is 30.3 Å². The van der Waals surface area contributed by atoms with Gasteiger partial charge < -0.3 is 4.98 Å². The van der Waals surface area contributed by atoms with Crippen molar-refractivity contribution >= 4 is 27.1 Å². The summed E-state index contributed by atoms with van der Waals surface area (Å²) in [7, 11) is -3.58. The molecule has 1 aliphatic rings. The standard InChI is InChI=1S/C19H18FN3O2S/c20-15-8-9-16-17(13-15)22-19(21-16)18-7-4-11-23(18)26(24,25)12-10-14-5-2-1-3-6-14/h1-3,5-6,8-10,12-13,18H,4,7,11H2,(H,21,22)/b12-10+. The number of benzene rings is 2. The predicted octanol–water partition coefficient (Wildman–Crippen LogP) is 3.84. The Labute approximate surface area is 151 Å². The molecule has 2 aromatic carbocycles. The number of rotatable bonds is 4. The molecule has 0 radical (unpaired) electrons. The molecule has 1 aromatic heterocycles. The molecular weight excluding hydrogens is 353 g/mol. The number of H-pyrrole nitrogens is 1. The van der Waals surface area contributed by atoms with Crippen molar-refractivity contribution in [1.29, 1.82) is 0 Å². The van der Waals surface area contributed by atoms with Crippen molar-refractivity contribution < 1.29 is 12.8 Å². The van der Waals surface area contributed by atoms with Crippen molar-refractivity contribution in [1.82, 2.24) is 14.3 Å². The number of aromatic amines is 1. The Hall–Kier alpha value is -2.51. The third-order valence-electron chi connectivity index (χ3n) is 4.54. The first-order valence-corrected chi connectivity index (χ1v) is 9.93. The van der Waals surface area contributed by atoms with E-state index in [-0.39, 0.29) is 11.9 Å². The van der Waals surface area contributed by atoms with Gasteiger partial charge in [-0.2, -0.15) is 4.31 Å². The largest absolute Gasteiger partial charge is 0.341 e. The molecule has 7 heteroatoms. The van der Waals surface area contributed by atoms with Crippen molar-refractivity contribution in [2.45, 2.75) is 18.9 Å². The molecule has 0 saturated carbocycles. The Morgan fingerprint density at radius 1 is 1.19 bits per heavy atom. The normalized spacial score (nSPS) is 18.9. The van der Waals surface area contributed by atoms with Gasteiger partial charge in [-0.05, 0) is 42.7 Å². The molecule has 1 atom stereocenters. The summed E-state index contributed by atoms with van der Waals surface area (Å²) in [5.74, 6) is 0.203. The number of imidazole rings is 1. The van der Waals surface area contributed by atoms with E-state index in [1.165, 1.54) is 21.8 Å². The molecule has 1 aliphatic heterocycles. The highest BCUT2D eigenvalue weighted by Crippen LogP contribution is 2.34. The summed E-state index contributed by atoms with van der Waals surface area (Å²) in [4.78, 5) is 7.54. The second-order valence-corrected chi connectivity index (χ2v) is 8.08. The highest BCUT2D eigenvalue weighted by molar-refractivity contribution is 7.92. The Morgan fingerprint density at radius 3 is 2.81 bits per heavy atom. The number of fused-ring (bicyclic) bond motifs is 1. The summed E-state index contributed by atoms with van der Waals surface area (Å²) in [5, 5.41) is 1.24. The van der Waals surface area contributed by atoms with Crippen molar-refractivity contribution in [3.8, 4) is 0 Å². The van der Waals surface area contributed by atoms with Gasteiger partial charge in [0.05, 0.1) is 17.1 Å². The van der Waals surface area contributed by atoms with E-state index in [1.54, 1.807) is 12.1 Å². The number of halogens is 1. The lowest BCUT2D eigenvalue weighted by molar-refractivity contribution is 0.391. The van der Waals surface area contributed by atoms with E-state index in [4.69, 9.17) is 0 Å². The van der Waals surface area contributed by atoms with Crippen molar-refractivity contribution in [3.05, 3.63) is 71.1 Å². The van der Waals surface area contributed by atoms with Crippen LogP contribution in [0.3, 0.4) is 0 Å². The molecule has 0 amide bonds. The lowest BCUT2D eigenvalue weighted by Crippen LogP contribution is -2.29. The fourth-order valence-corrected chi connectivity index (χ4v) is 4.71. The van der Waals surface area contributed by atoms with Crippen LogP contribution in [-0.4, -0.2) is 29.2 Å². The van der Waals surface area contributed by atoms with Crippen LogP contribution in [-0.2, 0) is 10.0 Å². The molecule has 0 aliphatic carbocycles. The maximum absolute atomic E-state index is 13.4. The SMILES string of the molecule is O=S(=O)(/C=C/c1ccccc1)N1CCCC1c1nc2ccc(F)cc2[nH]1. The van der Waals surface area contributed by atoms with Crippen molar-refractivity contribution in [2.75, 3.05) is 6.54 Å². The molecule has 4 rings (SSSR count). The van der Waals surface area contributed by atoms with E-state index >= 15 is 0 Å². The van der Waals surface area contributed by atoms with Gasteiger partial charge in [-0.15, -0.1) is 0 Å². The fraction of sp³-hybridized carbons (Fsp3) is 0.211. The zero-order chi connectivity index (χ0) is 18.1. The first kappa shape index (κ1) is 16.9. The van der Waals surface area contributed by atoms with E-state index in [9.17, 15) is 12.8 Å². The van der Waals surface area contributed by atoms with Crippen LogP contribution in [0.25, 0.3) is 17.1 Å². The zero-order valence-electron chi connectivity index (χ0n) is 14.0. The van der Waals surface area contributed by atoms with E-state index in [0.717, 1.165) is 12.0 Å². The second-order valence-electron chi connectivity index (χ2n) is 6.31. The van der Waals surface area contributed by atoms with Crippen LogP contribution in [0.4, 0.5) is 4.39 Å². The van der Waals surface area contributed by atoms with Gasteiger partial charge in [0.15, 0.2) is 0 Å². The van der Waals surface area contributed by atoms with Gasteiger partial charge in [0.2, 0.25) is 10.0 Å². The summed E-state index contributed by atoms with van der Waals surface area (Å²) in [6, 6.07) is 13.2. The average molecular weight is 371 g/mol. The van der Waals surface area contributed by atoms with Crippen LogP contribution in [0.2, 0.25) is 0 Å². The van der Waals surface area contributed by atoms with Gasteiger partial charge in [0, 0.05) is 12.0 Å². The van der Waals surface area contributed by atoms with Gasteiger partial charge in [-0.3, -0.25) is 0 Å². The number of hydrogen-bond donors (Lipinski definition) is 1. The quantitative estimate of drug-likeness (QED) is 0.758. The summed E-state index contributed by atoms with van der Waals surface area (Å²) in [6.07, 6.45) is 3.04. The maximum Gasteiger partial charge on any atom is 0.236 e. The van der Waals surface area contributed by atoms with Crippen molar-refractivity contribution in [3.63, 3.8) is 0 Å². The van der Waals surface area contributed by atoms with Crippen LogP contribution < -0.4 is 0 Å². The van der Waals surface area contributed by atoms with Crippen molar-refractivity contribution in [2.24, 2.45) is 0 Å². The zero-order valence-corrected chi connectivity index (χ0v) is 14.8. The molecule has 0 spiro atoms. The number of sulfonamides is 1. The monoisotopic (exact) mass is 371 g/mol. The van der Waals surface area contributed by atoms with E-state index < -0.39 is 10.0 Å². The minimum absolute atomic E-state index is 0.352. The Kier molecular flexibility index (Phi) is 4.34. The topological polar surface area (TPSA) is 66.1 Å². The van der Waals surface area contributed by atoms with Crippen LogP contribution in [0, 0.1) is 5.82 Å². The Bertz CT molecular complexity index is 1060. The average Bonchev–Trinajstić information content (AvgIpc) is 3.27. The molecule has 26 heavy (non-hydrogen) atoms. The van der Waals surface area contributed by atoms with E-state index in [2.05, 4.69) is 9.97 Å². The number of aromatic nitrogens is 2. The molecule has 1 fully saturated rings. The third kappa shape index (κ3) is 3.27. The van der Waals surface area contributed by atoms with E-state index in [1.807, 2.05) is 30.3 Å². The maximum atomic E-state index is 13.4. The molecule has 1 saturated heterocycles. The number of nitrogens with one attached hydrogen (secondary N) is 1. The van der Waals surface area contributed by atoms with Gasteiger partial charge in [0.1, 0.15) is 11.6 Å². The number of nitrogens with zero attached hydrogens (tertiary/aromatic N) is 2. The lowest BCUT2D eigenvalue weighted by Gasteiger charge is -2.20. The highest BCUT2D eigenvalue weighted by Gasteiger charge is 2.35. The number of hydrogen-bond acceptors (Lipinski definition) is 3. The molecule has 0 bridgehead atoms. The lowest BCUT2D eigenvalue weighted by atomic mass is 10.2. The molecule has 134 valence electrons. The molecule has 3 aromatic rings. The first-order valence-electron chi connectivity index (χ1n) is 8.43. The third-order valence-corrected chi connectivity index (χ3v) is 6.11. The molecule has 2 heterocycles. The Balaban J connectivity index is 1.63. The summed E-state index contributed by atoms with van der Waals surface area (Å²) in [6.45, 7) is 0.442. The fourth-order valence-electron chi connectivity index (χ4n) is 3.28. The first-order chi connectivity index (χ1) is 12.5.